The number of amides is 1. The quantitative estimate of drug-likeness (QED) is 0.755. The van der Waals surface area contributed by atoms with Crippen molar-refractivity contribution in [3.63, 3.8) is 0 Å². The van der Waals surface area contributed by atoms with Gasteiger partial charge in [0.15, 0.2) is 0 Å². The molecular weight excluding hydrogens is 259 g/mol. The lowest BCUT2D eigenvalue weighted by atomic mass is 9.84. The smallest absolute Gasteiger partial charge is 0.236 e. The summed E-state index contributed by atoms with van der Waals surface area (Å²) in [5.74, 6) is 0.317. The summed E-state index contributed by atoms with van der Waals surface area (Å²) in [5.41, 5.74) is 6.12. The number of carbonyl (C=O) groups excluding carboxylic acids is 1. The van der Waals surface area contributed by atoms with Gasteiger partial charge < -0.3 is 16.0 Å². The molecule has 2 fully saturated rings. The van der Waals surface area contributed by atoms with Gasteiger partial charge in [0.05, 0.1) is 12.6 Å². The summed E-state index contributed by atoms with van der Waals surface area (Å²) < 4.78 is 14.9. The molecule has 5 nitrogen and oxygen atoms in total. The van der Waals surface area contributed by atoms with E-state index in [4.69, 9.17) is 5.73 Å². The minimum Gasteiger partial charge on any atom is -0.343 e. The number of piperidine rings is 1. The number of nitrogens with zero attached hydrogens (tertiary/aromatic N) is 2. The van der Waals surface area contributed by atoms with E-state index in [1.54, 1.807) is 11.9 Å². The van der Waals surface area contributed by atoms with E-state index >= 15 is 0 Å². The Labute approximate surface area is 120 Å². The monoisotopic (exact) mass is 286 g/mol. The number of rotatable bonds is 3. The van der Waals surface area contributed by atoms with Gasteiger partial charge in [-0.1, -0.05) is 20.3 Å². The van der Waals surface area contributed by atoms with E-state index < -0.39 is 6.17 Å². The Morgan fingerprint density at radius 1 is 1.50 bits per heavy atom. The fraction of sp³-hybridized carbons (Fsp3) is 0.929. The molecule has 0 aromatic rings. The van der Waals surface area contributed by atoms with E-state index in [0.29, 0.717) is 19.6 Å². The maximum absolute atomic E-state index is 14.9. The second kappa shape index (κ2) is 6.37. The molecule has 2 aliphatic rings. The topological polar surface area (TPSA) is 61.6 Å². The average Bonchev–Trinajstić information content (AvgIpc) is 2.42. The highest BCUT2D eigenvalue weighted by Gasteiger charge is 2.44. The second-order valence-electron chi connectivity index (χ2n) is 6.20. The van der Waals surface area contributed by atoms with Gasteiger partial charge in [-0.05, 0) is 5.92 Å². The highest BCUT2D eigenvalue weighted by Crippen LogP contribution is 2.25. The number of nitrogens with two attached hydrogens (primary N) is 1. The fourth-order valence-corrected chi connectivity index (χ4v) is 3.23. The van der Waals surface area contributed by atoms with Gasteiger partial charge in [0.2, 0.25) is 5.91 Å². The van der Waals surface area contributed by atoms with E-state index in [-0.39, 0.29) is 36.5 Å². The summed E-state index contributed by atoms with van der Waals surface area (Å²) in [6, 6.07) is -0.783. The summed E-state index contributed by atoms with van der Waals surface area (Å²) >= 11 is 0. The Hall–Kier alpha value is -0.720. The van der Waals surface area contributed by atoms with Crippen molar-refractivity contribution in [2.45, 2.75) is 44.6 Å². The van der Waals surface area contributed by atoms with E-state index in [9.17, 15) is 9.18 Å². The molecule has 5 atom stereocenters. The highest BCUT2D eigenvalue weighted by atomic mass is 19.1. The molecule has 0 radical (unpaired) electrons. The lowest BCUT2D eigenvalue weighted by molar-refractivity contribution is -0.137. The van der Waals surface area contributed by atoms with Crippen molar-refractivity contribution in [2.75, 3.05) is 33.2 Å². The number of halogens is 1. The third kappa shape index (κ3) is 2.97. The van der Waals surface area contributed by atoms with Gasteiger partial charge in [0, 0.05) is 38.8 Å². The molecule has 0 aliphatic carbocycles. The maximum atomic E-state index is 14.9. The van der Waals surface area contributed by atoms with Crippen LogP contribution in [0.2, 0.25) is 0 Å². The number of hydrogen-bond acceptors (Lipinski definition) is 4. The highest BCUT2D eigenvalue weighted by molar-refractivity contribution is 5.78. The predicted molar refractivity (Wildman–Crippen MR) is 77.1 cm³/mol. The van der Waals surface area contributed by atoms with Crippen molar-refractivity contribution in [2.24, 2.45) is 11.7 Å². The van der Waals surface area contributed by atoms with Crippen LogP contribution >= 0.6 is 0 Å². The number of carbonyl (C=O) groups is 1. The molecule has 0 saturated carbocycles. The van der Waals surface area contributed by atoms with Crippen LogP contribution in [0.15, 0.2) is 0 Å². The summed E-state index contributed by atoms with van der Waals surface area (Å²) in [5, 5.41) is 3.24. The average molecular weight is 286 g/mol. The first-order chi connectivity index (χ1) is 9.45. The van der Waals surface area contributed by atoms with Gasteiger partial charge >= 0.3 is 0 Å². The van der Waals surface area contributed by atoms with Crippen molar-refractivity contribution >= 4 is 5.91 Å². The second-order valence-corrected chi connectivity index (χ2v) is 6.20. The Kier molecular flexibility index (Phi) is 4.99. The van der Waals surface area contributed by atoms with E-state index in [1.807, 2.05) is 4.90 Å². The summed E-state index contributed by atoms with van der Waals surface area (Å²) in [4.78, 5) is 15.5. The van der Waals surface area contributed by atoms with Crippen LogP contribution in [-0.4, -0.2) is 73.2 Å². The third-order valence-electron chi connectivity index (χ3n) is 4.86. The van der Waals surface area contributed by atoms with E-state index in [0.717, 1.165) is 6.42 Å². The molecule has 2 saturated heterocycles. The van der Waals surface area contributed by atoms with Crippen molar-refractivity contribution in [3.05, 3.63) is 0 Å². The normalized spacial score (nSPS) is 38.0. The molecule has 20 heavy (non-hydrogen) atoms. The van der Waals surface area contributed by atoms with Gasteiger partial charge in [-0.3, -0.25) is 9.69 Å². The largest absolute Gasteiger partial charge is 0.343 e. The third-order valence-corrected chi connectivity index (χ3v) is 4.86. The molecule has 0 aromatic carbocycles. The molecule has 5 unspecified atom stereocenters. The van der Waals surface area contributed by atoms with Crippen molar-refractivity contribution in [1.29, 1.82) is 0 Å². The van der Waals surface area contributed by atoms with Crippen LogP contribution in [0, 0.1) is 5.92 Å². The van der Waals surface area contributed by atoms with Gasteiger partial charge in [-0.2, -0.15) is 0 Å². The van der Waals surface area contributed by atoms with Crippen LogP contribution in [0.5, 0.6) is 0 Å². The molecule has 0 aromatic heterocycles. The van der Waals surface area contributed by atoms with Gasteiger partial charge in [0.1, 0.15) is 6.17 Å². The van der Waals surface area contributed by atoms with Crippen LogP contribution in [-0.2, 0) is 4.79 Å². The lowest BCUT2D eigenvalue weighted by Gasteiger charge is -2.47. The maximum Gasteiger partial charge on any atom is 0.236 e. The van der Waals surface area contributed by atoms with Crippen molar-refractivity contribution in [1.82, 2.24) is 15.1 Å². The van der Waals surface area contributed by atoms with Crippen molar-refractivity contribution < 1.29 is 9.18 Å². The first-order valence-electron chi connectivity index (χ1n) is 7.56. The number of nitrogens with one attached hydrogen (secondary N) is 1. The first kappa shape index (κ1) is 15.7. The van der Waals surface area contributed by atoms with Crippen LogP contribution < -0.4 is 11.1 Å². The number of alkyl halides is 1. The molecule has 2 heterocycles. The Morgan fingerprint density at radius 3 is 2.80 bits per heavy atom. The predicted octanol–water partition coefficient (Wildman–Crippen LogP) is -0.188. The molecule has 0 spiro atoms. The molecule has 2 aliphatic heterocycles. The van der Waals surface area contributed by atoms with Gasteiger partial charge in [-0.15, -0.1) is 0 Å². The first-order valence-corrected chi connectivity index (χ1v) is 7.56. The number of likely N-dealkylation sites (N-methyl/N-ethyl adjacent to an activating group) is 1. The van der Waals surface area contributed by atoms with Crippen LogP contribution in [0.25, 0.3) is 0 Å². The van der Waals surface area contributed by atoms with Crippen molar-refractivity contribution in [3.8, 4) is 0 Å². The summed E-state index contributed by atoms with van der Waals surface area (Å²) in [6.07, 6.45) is -0.0910. The minimum absolute atomic E-state index is 0.0503. The van der Waals surface area contributed by atoms with E-state index in [2.05, 4.69) is 19.2 Å². The standard InChI is InChI=1S/C14H27FN4O/c1-4-9(2)13-12(15)14(10(16)7-17-13)19-6-5-18(3)11(20)8-19/h9-10,12-14,17H,4-8,16H2,1-3H3. The number of hydrogen-bond donors (Lipinski definition) is 2. The molecule has 3 N–H and O–H groups in total. The van der Waals surface area contributed by atoms with Crippen LogP contribution in [0.4, 0.5) is 4.39 Å². The molecule has 6 heteroatoms. The molecular formula is C14H27FN4O. The zero-order valence-corrected chi connectivity index (χ0v) is 12.7. The zero-order chi connectivity index (χ0) is 14.9. The van der Waals surface area contributed by atoms with Crippen LogP contribution in [0.3, 0.4) is 0 Å². The van der Waals surface area contributed by atoms with Crippen LogP contribution in [0.1, 0.15) is 20.3 Å². The summed E-state index contributed by atoms with van der Waals surface area (Å²) in [7, 11) is 1.79. The Bertz CT molecular complexity index is 354. The molecule has 116 valence electrons. The molecule has 1 amide bonds. The Balaban J connectivity index is 2.09. The minimum atomic E-state index is -1.02. The Morgan fingerprint density at radius 2 is 2.20 bits per heavy atom. The lowest BCUT2D eigenvalue weighted by Crippen LogP contribution is -2.69. The summed E-state index contributed by atoms with van der Waals surface area (Å²) in [6.45, 7) is 6.38. The van der Waals surface area contributed by atoms with E-state index in [1.165, 1.54) is 0 Å². The number of piperazine rings is 1. The molecule has 2 rings (SSSR count). The molecule has 0 bridgehead atoms. The van der Waals surface area contributed by atoms with Gasteiger partial charge in [0.25, 0.3) is 0 Å². The SMILES string of the molecule is CCC(C)C1NCC(N)C(N2CCN(C)C(=O)C2)C1F. The van der Waals surface area contributed by atoms with Gasteiger partial charge in [-0.25, -0.2) is 4.39 Å². The zero-order valence-electron chi connectivity index (χ0n) is 12.7. The fourth-order valence-electron chi connectivity index (χ4n) is 3.23.